The third kappa shape index (κ3) is 6.52. The normalized spacial score (nSPS) is 30.8. The lowest BCUT2D eigenvalue weighted by Crippen LogP contribution is -2.53. The van der Waals surface area contributed by atoms with E-state index in [0.717, 1.165) is 37.8 Å². The molecule has 0 aromatic heterocycles. The number of carbonyl (C=O) groups is 2. The van der Waals surface area contributed by atoms with E-state index >= 15 is 0 Å². The summed E-state index contributed by atoms with van der Waals surface area (Å²) < 4.78 is 6.02. The minimum absolute atomic E-state index is 0.0508. The van der Waals surface area contributed by atoms with E-state index < -0.39 is 5.41 Å². The molecule has 1 aliphatic carbocycles. The van der Waals surface area contributed by atoms with Crippen LogP contribution in [0.15, 0.2) is 29.3 Å². The molecule has 5 rings (SSSR count). The molecule has 4 aliphatic rings. The minimum Gasteiger partial charge on any atom is -0.478 e. The van der Waals surface area contributed by atoms with Crippen LogP contribution in [0, 0.1) is 17.3 Å². The van der Waals surface area contributed by atoms with Crippen LogP contribution in [0.2, 0.25) is 5.02 Å². The lowest BCUT2D eigenvalue weighted by atomic mass is 9.84. The van der Waals surface area contributed by atoms with Gasteiger partial charge in [-0.25, -0.2) is 0 Å². The van der Waals surface area contributed by atoms with Gasteiger partial charge >= 0.3 is 0 Å². The Balaban J connectivity index is 1.47. The van der Waals surface area contributed by atoms with E-state index in [2.05, 4.69) is 49.6 Å². The molecule has 2 saturated heterocycles. The Morgan fingerprint density at radius 3 is 2.19 bits per heavy atom. The first-order valence-electron chi connectivity index (χ1n) is 16.0. The Kier molecular flexibility index (Phi) is 9.03. The molecule has 3 aliphatic heterocycles. The van der Waals surface area contributed by atoms with Crippen molar-refractivity contribution in [1.29, 1.82) is 0 Å². The molecule has 1 aromatic carbocycles. The maximum atomic E-state index is 14.8. The number of likely N-dealkylation sites (tertiary alicyclic amines) is 2. The quantitative estimate of drug-likeness (QED) is 0.417. The van der Waals surface area contributed by atoms with E-state index in [9.17, 15) is 9.59 Å². The number of halogens is 1. The second kappa shape index (κ2) is 12.1. The van der Waals surface area contributed by atoms with Crippen LogP contribution in [0.3, 0.4) is 0 Å². The molecule has 8 heteroatoms. The molecule has 0 bridgehead atoms. The summed E-state index contributed by atoms with van der Waals surface area (Å²) in [5.41, 5.74) is 0.599. The van der Waals surface area contributed by atoms with Crippen molar-refractivity contribution in [1.82, 2.24) is 14.7 Å². The van der Waals surface area contributed by atoms with Crippen LogP contribution >= 0.6 is 11.6 Å². The van der Waals surface area contributed by atoms with E-state index in [0.29, 0.717) is 49.5 Å². The lowest BCUT2D eigenvalue weighted by Gasteiger charge is -2.42. The second-order valence-corrected chi connectivity index (χ2v) is 15.6. The number of amides is 2. The average molecular weight is 599 g/mol. The minimum atomic E-state index is -0.490. The zero-order valence-corrected chi connectivity index (χ0v) is 27.5. The summed E-state index contributed by atoms with van der Waals surface area (Å²) in [7, 11) is 0. The van der Waals surface area contributed by atoms with Crippen molar-refractivity contribution in [3.63, 3.8) is 0 Å². The molecule has 2 amide bonds. The van der Waals surface area contributed by atoms with Gasteiger partial charge in [0, 0.05) is 47.6 Å². The van der Waals surface area contributed by atoms with Gasteiger partial charge in [0.15, 0.2) is 0 Å². The molecule has 1 aromatic rings. The highest BCUT2D eigenvalue weighted by molar-refractivity contribution is 6.30. The highest BCUT2D eigenvalue weighted by Gasteiger charge is 2.51. The average Bonchev–Trinajstić information content (AvgIpc) is 3.69. The first-order valence-corrected chi connectivity index (χ1v) is 16.4. The summed E-state index contributed by atoms with van der Waals surface area (Å²) in [6, 6.07) is 7.92. The first-order chi connectivity index (χ1) is 19.7. The third-order valence-electron chi connectivity index (χ3n) is 9.99. The van der Waals surface area contributed by atoms with Gasteiger partial charge in [0.25, 0.3) is 0 Å². The van der Waals surface area contributed by atoms with Gasteiger partial charge in [-0.05, 0) is 76.5 Å². The molecule has 0 N–H and O–H groups in total. The number of carbonyl (C=O) groups excluding carboxylic acids is 2. The molecule has 4 atom stereocenters. The molecule has 1 unspecified atom stereocenters. The van der Waals surface area contributed by atoms with E-state index in [1.807, 2.05) is 37.8 Å². The Hall–Kier alpha value is -2.12. The Labute approximate surface area is 258 Å². The second-order valence-electron chi connectivity index (χ2n) is 15.2. The summed E-state index contributed by atoms with van der Waals surface area (Å²) in [5.74, 6) is 1.56. The van der Waals surface area contributed by atoms with E-state index in [4.69, 9.17) is 21.3 Å². The van der Waals surface area contributed by atoms with Crippen LogP contribution in [0.1, 0.15) is 92.1 Å². The highest BCUT2D eigenvalue weighted by atomic mass is 35.5. The van der Waals surface area contributed by atoms with E-state index in [-0.39, 0.29) is 47.3 Å². The van der Waals surface area contributed by atoms with Crippen LogP contribution in [0.25, 0.3) is 0 Å². The molecule has 42 heavy (non-hydrogen) atoms. The van der Waals surface area contributed by atoms with Gasteiger partial charge in [-0.3, -0.25) is 19.5 Å². The van der Waals surface area contributed by atoms with Crippen LogP contribution in [-0.2, 0) is 14.3 Å². The largest absolute Gasteiger partial charge is 0.478 e. The van der Waals surface area contributed by atoms with Crippen molar-refractivity contribution < 1.29 is 14.3 Å². The number of benzene rings is 1. The van der Waals surface area contributed by atoms with Crippen molar-refractivity contribution in [2.75, 3.05) is 32.8 Å². The smallest absolute Gasteiger partial charge is 0.228 e. The van der Waals surface area contributed by atoms with E-state index in [1.165, 1.54) is 0 Å². The number of hydrogen-bond acceptors (Lipinski definition) is 5. The van der Waals surface area contributed by atoms with Gasteiger partial charge in [0.1, 0.15) is 12.6 Å². The standard InChI is InChI=1S/C34H51ClN4O3/c1-22-8-14-25(15-9-22)39(32(41)33(2,3)4)26-18-29(30-36-16-17-42-30)38(19-26)31(40)28-21-37(34(5,6)7)20-27(28)23-10-12-24(35)13-11-23/h10-13,22,25-29H,8-9,14-21H2,1-7H3/t22?,25?,26-,27-,28?,29-/m0/s1. The van der Waals surface area contributed by atoms with Crippen LogP contribution < -0.4 is 0 Å². The molecule has 0 radical (unpaired) electrons. The number of rotatable bonds is 5. The van der Waals surface area contributed by atoms with Gasteiger partial charge in [-0.1, -0.05) is 51.4 Å². The zero-order valence-electron chi connectivity index (χ0n) is 26.7. The number of nitrogens with zero attached hydrogens (tertiary/aromatic N) is 4. The fourth-order valence-electron chi connectivity index (χ4n) is 7.45. The molecule has 1 saturated carbocycles. The van der Waals surface area contributed by atoms with Gasteiger partial charge < -0.3 is 14.5 Å². The topological polar surface area (TPSA) is 65.5 Å². The third-order valence-corrected chi connectivity index (χ3v) is 10.2. The molecule has 232 valence electrons. The summed E-state index contributed by atoms with van der Waals surface area (Å²) in [5, 5.41) is 0.701. The Bertz CT molecular complexity index is 1160. The van der Waals surface area contributed by atoms with E-state index in [1.54, 1.807) is 0 Å². The highest BCUT2D eigenvalue weighted by Crippen LogP contribution is 2.41. The number of ether oxygens (including phenoxy) is 1. The summed E-state index contributed by atoms with van der Waals surface area (Å²) >= 11 is 6.24. The molecule has 0 spiro atoms. The fourth-order valence-corrected chi connectivity index (χ4v) is 7.57. The summed E-state index contributed by atoms with van der Waals surface area (Å²) in [4.78, 5) is 40.2. The molecule has 3 fully saturated rings. The SMILES string of the molecule is CC1CCC(N(C(=O)C(C)(C)C)[C@H]2C[C@@H](C3=NCCO3)N(C(=O)C3CN(C(C)(C)C)C[C@H]3c3ccc(Cl)cc3)C2)CC1. The Morgan fingerprint density at radius 2 is 1.62 bits per heavy atom. The fraction of sp³-hybridized carbons (Fsp3) is 0.735. The summed E-state index contributed by atoms with van der Waals surface area (Å²) in [6.45, 7) is 18.2. The first kappa shape index (κ1) is 31.3. The Morgan fingerprint density at radius 1 is 0.952 bits per heavy atom. The monoisotopic (exact) mass is 598 g/mol. The molecule has 3 heterocycles. The van der Waals surface area contributed by atoms with Gasteiger partial charge in [-0.2, -0.15) is 0 Å². The molecular weight excluding hydrogens is 548 g/mol. The lowest BCUT2D eigenvalue weighted by molar-refractivity contribution is -0.146. The van der Waals surface area contributed by atoms with Gasteiger partial charge in [0.05, 0.1) is 18.5 Å². The van der Waals surface area contributed by atoms with Crippen molar-refractivity contribution in [2.24, 2.45) is 22.2 Å². The molecule has 7 nitrogen and oxygen atoms in total. The van der Waals surface area contributed by atoms with Crippen molar-refractivity contribution in [3.05, 3.63) is 34.9 Å². The summed E-state index contributed by atoms with van der Waals surface area (Å²) in [6.07, 6.45) is 5.01. The zero-order chi connectivity index (χ0) is 30.4. The van der Waals surface area contributed by atoms with Crippen LogP contribution in [0.4, 0.5) is 0 Å². The maximum absolute atomic E-state index is 14.8. The van der Waals surface area contributed by atoms with Crippen LogP contribution in [0.5, 0.6) is 0 Å². The predicted molar refractivity (Wildman–Crippen MR) is 169 cm³/mol. The molecular formula is C34H51ClN4O3. The van der Waals surface area contributed by atoms with Crippen molar-refractivity contribution in [3.8, 4) is 0 Å². The maximum Gasteiger partial charge on any atom is 0.228 e. The van der Waals surface area contributed by atoms with Crippen molar-refractivity contribution >= 4 is 29.3 Å². The van der Waals surface area contributed by atoms with Gasteiger partial charge in [0.2, 0.25) is 17.7 Å². The predicted octanol–water partition coefficient (Wildman–Crippen LogP) is 6.01. The number of hydrogen-bond donors (Lipinski definition) is 0. The van der Waals surface area contributed by atoms with Crippen LogP contribution in [-0.4, -0.2) is 88.9 Å². The number of aliphatic imine (C=N–C) groups is 1. The van der Waals surface area contributed by atoms with Gasteiger partial charge in [-0.15, -0.1) is 0 Å². The van der Waals surface area contributed by atoms with Crippen molar-refractivity contribution in [2.45, 2.75) is 110 Å².